The van der Waals surface area contributed by atoms with Crippen LogP contribution in [0.3, 0.4) is 0 Å². The van der Waals surface area contributed by atoms with Crippen molar-refractivity contribution in [1.82, 2.24) is 9.78 Å². The van der Waals surface area contributed by atoms with Crippen molar-refractivity contribution >= 4 is 0 Å². The zero-order chi connectivity index (χ0) is 11.1. The molecule has 3 heteroatoms. The average molecular weight is 207 g/mol. The van der Waals surface area contributed by atoms with Crippen molar-refractivity contribution < 1.29 is 0 Å². The standard InChI is InChI=1S/C12H21N3/c1-9(2)11-8-10(15(3)14-11)4-5-12(13)6-7-12/h8-9H,4-7,13H2,1-3H3. The predicted octanol–water partition coefficient (Wildman–Crippen LogP) is 1.97. The molecule has 0 radical (unpaired) electrons. The number of hydrogen-bond donors (Lipinski definition) is 1. The second-order valence-electron chi connectivity index (χ2n) is 5.20. The molecule has 84 valence electrons. The molecule has 1 aromatic heterocycles. The summed E-state index contributed by atoms with van der Waals surface area (Å²) in [5.41, 5.74) is 8.74. The minimum absolute atomic E-state index is 0.155. The first-order valence-electron chi connectivity index (χ1n) is 5.82. The lowest BCUT2D eigenvalue weighted by Gasteiger charge is -2.07. The molecule has 0 aliphatic heterocycles. The van der Waals surface area contributed by atoms with Gasteiger partial charge in [-0.25, -0.2) is 0 Å². The first-order chi connectivity index (χ1) is 7.00. The van der Waals surface area contributed by atoms with Gasteiger partial charge in [0.25, 0.3) is 0 Å². The third-order valence-electron chi connectivity index (χ3n) is 3.36. The molecule has 0 atom stereocenters. The van der Waals surface area contributed by atoms with E-state index in [4.69, 9.17) is 5.73 Å². The molecule has 1 fully saturated rings. The van der Waals surface area contributed by atoms with Crippen molar-refractivity contribution in [3.05, 3.63) is 17.5 Å². The fourth-order valence-electron chi connectivity index (χ4n) is 1.83. The summed E-state index contributed by atoms with van der Waals surface area (Å²) in [6.07, 6.45) is 4.56. The van der Waals surface area contributed by atoms with Crippen LogP contribution in [-0.2, 0) is 13.5 Å². The Labute approximate surface area is 91.7 Å². The van der Waals surface area contributed by atoms with Crippen LogP contribution in [0.15, 0.2) is 6.07 Å². The van der Waals surface area contributed by atoms with Gasteiger partial charge in [0.1, 0.15) is 0 Å². The van der Waals surface area contributed by atoms with Crippen molar-refractivity contribution in [3.8, 4) is 0 Å². The highest BCUT2D eigenvalue weighted by Gasteiger charge is 2.37. The zero-order valence-electron chi connectivity index (χ0n) is 9.95. The molecule has 0 unspecified atom stereocenters. The van der Waals surface area contributed by atoms with Gasteiger partial charge in [-0.15, -0.1) is 0 Å². The normalized spacial score (nSPS) is 18.5. The van der Waals surface area contributed by atoms with E-state index < -0.39 is 0 Å². The molecule has 0 bridgehead atoms. The lowest BCUT2D eigenvalue weighted by atomic mass is 10.1. The van der Waals surface area contributed by atoms with E-state index in [1.165, 1.54) is 24.2 Å². The maximum atomic E-state index is 6.08. The molecule has 15 heavy (non-hydrogen) atoms. The van der Waals surface area contributed by atoms with Crippen LogP contribution in [0.4, 0.5) is 0 Å². The monoisotopic (exact) mass is 207 g/mol. The Hall–Kier alpha value is -0.830. The summed E-state index contributed by atoms with van der Waals surface area (Å²) in [5.74, 6) is 0.512. The molecule has 1 heterocycles. The fraction of sp³-hybridized carbons (Fsp3) is 0.750. The minimum Gasteiger partial charge on any atom is -0.325 e. The van der Waals surface area contributed by atoms with E-state index >= 15 is 0 Å². The maximum absolute atomic E-state index is 6.08. The molecule has 1 aliphatic carbocycles. The Morgan fingerprint density at radius 1 is 1.53 bits per heavy atom. The van der Waals surface area contributed by atoms with Crippen LogP contribution < -0.4 is 5.73 Å². The second kappa shape index (κ2) is 3.63. The summed E-state index contributed by atoms with van der Waals surface area (Å²) >= 11 is 0. The number of aromatic nitrogens is 2. The molecule has 1 aliphatic rings. The number of nitrogens with two attached hydrogens (primary N) is 1. The van der Waals surface area contributed by atoms with Gasteiger partial charge in [0.15, 0.2) is 0 Å². The van der Waals surface area contributed by atoms with Gasteiger partial charge in [-0.1, -0.05) is 13.8 Å². The summed E-state index contributed by atoms with van der Waals surface area (Å²) in [6.45, 7) is 4.36. The van der Waals surface area contributed by atoms with Gasteiger partial charge in [0.05, 0.1) is 5.69 Å². The summed E-state index contributed by atoms with van der Waals surface area (Å²) in [7, 11) is 2.03. The third kappa shape index (κ3) is 2.40. The third-order valence-corrected chi connectivity index (χ3v) is 3.36. The van der Waals surface area contributed by atoms with E-state index in [1.807, 2.05) is 11.7 Å². The van der Waals surface area contributed by atoms with Crippen molar-refractivity contribution in [2.45, 2.75) is 51.0 Å². The zero-order valence-corrected chi connectivity index (χ0v) is 9.95. The molecule has 0 amide bonds. The Kier molecular flexibility index (Phi) is 2.59. The van der Waals surface area contributed by atoms with E-state index in [9.17, 15) is 0 Å². The molecule has 0 spiro atoms. The van der Waals surface area contributed by atoms with Gasteiger partial charge in [0, 0.05) is 18.3 Å². The molecular weight excluding hydrogens is 186 g/mol. The number of rotatable bonds is 4. The molecule has 1 saturated carbocycles. The van der Waals surface area contributed by atoms with Gasteiger partial charge >= 0.3 is 0 Å². The van der Waals surface area contributed by atoms with E-state index in [0.717, 1.165) is 12.8 Å². The molecule has 0 saturated heterocycles. The fourth-order valence-corrected chi connectivity index (χ4v) is 1.83. The van der Waals surface area contributed by atoms with Crippen LogP contribution in [0.5, 0.6) is 0 Å². The lowest BCUT2D eigenvalue weighted by Crippen LogP contribution is -2.22. The first-order valence-corrected chi connectivity index (χ1v) is 5.82. The van der Waals surface area contributed by atoms with Gasteiger partial charge < -0.3 is 5.73 Å². The van der Waals surface area contributed by atoms with Crippen molar-refractivity contribution in [1.29, 1.82) is 0 Å². The van der Waals surface area contributed by atoms with Gasteiger partial charge in [-0.2, -0.15) is 5.10 Å². The van der Waals surface area contributed by atoms with Gasteiger partial charge in [-0.05, 0) is 37.7 Å². The highest BCUT2D eigenvalue weighted by atomic mass is 15.3. The van der Waals surface area contributed by atoms with Crippen LogP contribution in [0.25, 0.3) is 0 Å². The van der Waals surface area contributed by atoms with E-state index in [1.54, 1.807) is 0 Å². The van der Waals surface area contributed by atoms with E-state index in [0.29, 0.717) is 5.92 Å². The van der Waals surface area contributed by atoms with Crippen LogP contribution in [0.2, 0.25) is 0 Å². The van der Waals surface area contributed by atoms with Gasteiger partial charge in [-0.3, -0.25) is 4.68 Å². The second-order valence-corrected chi connectivity index (χ2v) is 5.20. The summed E-state index contributed by atoms with van der Waals surface area (Å²) in [6, 6.07) is 2.22. The number of aryl methyl sites for hydroxylation is 2. The molecule has 3 nitrogen and oxygen atoms in total. The molecule has 2 N–H and O–H groups in total. The SMILES string of the molecule is CC(C)c1cc(CCC2(N)CC2)n(C)n1. The average Bonchev–Trinajstić information content (AvgIpc) is 2.76. The van der Waals surface area contributed by atoms with Crippen LogP contribution in [0.1, 0.15) is 50.4 Å². The number of nitrogens with zero attached hydrogens (tertiary/aromatic N) is 2. The summed E-state index contributed by atoms with van der Waals surface area (Å²) in [5, 5.41) is 4.51. The molecular formula is C12H21N3. The summed E-state index contributed by atoms with van der Waals surface area (Å²) in [4.78, 5) is 0. The van der Waals surface area contributed by atoms with Crippen molar-refractivity contribution in [2.75, 3.05) is 0 Å². The molecule has 2 rings (SSSR count). The Morgan fingerprint density at radius 2 is 2.20 bits per heavy atom. The van der Waals surface area contributed by atoms with E-state index in [2.05, 4.69) is 25.0 Å². The maximum Gasteiger partial charge on any atom is 0.0652 e. The first kappa shape index (κ1) is 10.7. The van der Waals surface area contributed by atoms with Gasteiger partial charge in [0.2, 0.25) is 0 Å². The minimum atomic E-state index is 0.155. The quantitative estimate of drug-likeness (QED) is 0.820. The Morgan fingerprint density at radius 3 is 2.67 bits per heavy atom. The summed E-state index contributed by atoms with van der Waals surface area (Å²) < 4.78 is 2.00. The van der Waals surface area contributed by atoms with Crippen molar-refractivity contribution in [2.24, 2.45) is 12.8 Å². The molecule has 0 aromatic carbocycles. The van der Waals surface area contributed by atoms with Crippen molar-refractivity contribution in [3.63, 3.8) is 0 Å². The van der Waals surface area contributed by atoms with Crippen LogP contribution >= 0.6 is 0 Å². The highest BCUT2D eigenvalue weighted by molar-refractivity contribution is 5.14. The lowest BCUT2D eigenvalue weighted by molar-refractivity contribution is 0.581. The predicted molar refractivity (Wildman–Crippen MR) is 61.8 cm³/mol. The Bertz CT molecular complexity index is 348. The Balaban J connectivity index is 2.01. The smallest absolute Gasteiger partial charge is 0.0652 e. The molecule has 1 aromatic rings. The highest BCUT2D eigenvalue weighted by Crippen LogP contribution is 2.36. The number of hydrogen-bond acceptors (Lipinski definition) is 2. The topological polar surface area (TPSA) is 43.8 Å². The van der Waals surface area contributed by atoms with E-state index in [-0.39, 0.29) is 5.54 Å². The largest absolute Gasteiger partial charge is 0.325 e. The van der Waals surface area contributed by atoms with Crippen LogP contribution in [-0.4, -0.2) is 15.3 Å². The van der Waals surface area contributed by atoms with Crippen LogP contribution in [0, 0.1) is 0 Å².